The van der Waals surface area contributed by atoms with Gasteiger partial charge in [-0.3, -0.25) is 0 Å². The van der Waals surface area contributed by atoms with Crippen molar-refractivity contribution in [1.29, 1.82) is 0 Å². The van der Waals surface area contributed by atoms with Gasteiger partial charge in [-0.25, -0.2) is 9.59 Å². The smallest absolute Gasteiger partial charge is 0.342 e. The number of aliphatic hydroxyl groups is 1. The second-order valence-corrected chi connectivity index (χ2v) is 22.8. The van der Waals surface area contributed by atoms with E-state index in [2.05, 4.69) is 72.6 Å². The second-order valence-electron chi connectivity index (χ2n) is 22.8. The van der Waals surface area contributed by atoms with E-state index in [1.54, 1.807) is 19.9 Å². The van der Waals surface area contributed by atoms with Gasteiger partial charge in [0.2, 0.25) is 0 Å². The average molecular weight is 1110 g/mol. The van der Waals surface area contributed by atoms with E-state index >= 15 is 0 Å². The predicted molar refractivity (Wildman–Crippen MR) is 326 cm³/mol. The van der Waals surface area contributed by atoms with Crippen LogP contribution in [0.3, 0.4) is 0 Å². The Morgan fingerprint density at radius 1 is 0.575 bits per heavy atom. The zero-order valence-corrected chi connectivity index (χ0v) is 50.6. The normalized spacial score (nSPS) is 20.2. The molecule has 0 radical (unpaired) electrons. The van der Waals surface area contributed by atoms with E-state index in [1.165, 1.54) is 35.6 Å². The van der Waals surface area contributed by atoms with E-state index < -0.39 is 17.5 Å². The van der Waals surface area contributed by atoms with Crippen LogP contribution in [0.1, 0.15) is 233 Å². The molecule has 7 N–H and O–H groups in total. The Morgan fingerprint density at radius 2 is 1.02 bits per heavy atom. The Kier molecular flexibility index (Phi) is 28.5. The maximum atomic E-state index is 12.6. The number of aryl methyl sites for hydroxylation is 3. The number of phenols is 6. The minimum Gasteiger partial charge on any atom is -0.508 e. The van der Waals surface area contributed by atoms with E-state index in [9.17, 15) is 45.3 Å². The number of carbonyl (C=O) groups excluding carboxylic acids is 2. The number of hydrogen-bond donors (Lipinski definition) is 7. The molecule has 3 aromatic carbocycles. The molecular formula is C69H100O11. The molecule has 3 aromatic rings. The van der Waals surface area contributed by atoms with Gasteiger partial charge in [0, 0.05) is 29.0 Å². The molecule has 0 bridgehead atoms. The number of esters is 2. The van der Waals surface area contributed by atoms with Crippen LogP contribution in [0.5, 0.6) is 34.5 Å². The summed E-state index contributed by atoms with van der Waals surface area (Å²) in [5, 5.41) is 71.8. The molecule has 0 aromatic heterocycles. The Bertz CT molecular complexity index is 2620. The highest BCUT2D eigenvalue weighted by atomic mass is 16.5. The quantitative estimate of drug-likeness (QED) is 0.0305. The van der Waals surface area contributed by atoms with Crippen molar-refractivity contribution in [2.75, 3.05) is 13.2 Å². The lowest BCUT2D eigenvalue weighted by atomic mass is 9.73. The maximum absolute atomic E-state index is 12.6. The average Bonchev–Trinajstić information content (AvgIpc) is 3.53. The fourth-order valence-electron chi connectivity index (χ4n) is 11.0. The van der Waals surface area contributed by atoms with Crippen molar-refractivity contribution in [2.24, 2.45) is 17.8 Å². The number of rotatable bonds is 21. The number of benzene rings is 3. The molecule has 0 spiro atoms. The molecule has 80 heavy (non-hydrogen) atoms. The highest BCUT2D eigenvalue weighted by Gasteiger charge is 2.34. The molecule has 0 fully saturated rings. The summed E-state index contributed by atoms with van der Waals surface area (Å²) in [4.78, 5) is 24.4. The van der Waals surface area contributed by atoms with Crippen LogP contribution in [0, 0.1) is 17.8 Å². The van der Waals surface area contributed by atoms with Crippen LogP contribution in [0.4, 0.5) is 0 Å². The molecule has 3 aliphatic carbocycles. The van der Waals surface area contributed by atoms with E-state index in [-0.39, 0.29) is 82.5 Å². The van der Waals surface area contributed by atoms with Gasteiger partial charge in [0.1, 0.15) is 45.6 Å². The lowest BCUT2D eigenvalue weighted by Crippen LogP contribution is -2.25. The van der Waals surface area contributed by atoms with E-state index in [1.807, 2.05) is 45.9 Å². The van der Waals surface area contributed by atoms with Crippen molar-refractivity contribution in [3.05, 3.63) is 141 Å². The first-order chi connectivity index (χ1) is 37.9. The molecule has 6 rings (SSSR count). The van der Waals surface area contributed by atoms with Crippen molar-refractivity contribution >= 4 is 11.9 Å². The lowest BCUT2D eigenvalue weighted by molar-refractivity contribution is 0.0511. The fraction of sp³-hybridized carbons (Fsp3) is 0.536. The van der Waals surface area contributed by atoms with Crippen LogP contribution in [0.2, 0.25) is 0 Å². The van der Waals surface area contributed by atoms with Crippen molar-refractivity contribution < 1.29 is 54.8 Å². The van der Waals surface area contributed by atoms with Crippen LogP contribution >= 0.6 is 0 Å². The maximum Gasteiger partial charge on any atom is 0.342 e. The molecule has 0 aliphatic heterocycles. The van der Waals surface area contributed by atoms with Gasteiger partial charge >= 0.3 is 11.9 Å². The molecule has 11 heteroatoms. The molecule has 1 unspecified atom stereocenters. The largest absolute Gasteiger partial charge is 0.508 e. The van der Waals surface area contributed by atoms with Crippen LogP contribution in [-0.2, 0) is 28.7 Å². The number of unbranched alkanes of at least 4 members (excludes halogenated alkanes) is 6. The summed E-state index contributed by atoms with van der Waals surface area (Å²) in [5.41, 5.74) is 9.02. The Hall–Kier alpha value is -6.20. The number of carbonyl (C=O) groups is 2. The zero-order chi connectivity index (χ0) is 59.9. The minimum absolute atomic E-state index is 0.0194. The molecule has 0 amide bonds. The molecule has 3 aliphatic rings. The highest BCUT2D eigenvalue weighted by molar-refractivity contribution is 5.95. The second kappa shape index (κ2) is 33.5. The monoisotopic (exact) mass is 1100 g/mol. The number of ether oxygens (including phenoxy) is 2. The van der Waals surface area contributed by atoms with Crippen molar-refractivity contribution in [1.82, 2.24) is 0 Å². The number of hydrogen-bond acceptors (Lipinski definition) is 11. The minimum atomic E-state index is -0.577. The summed E-state index contributed by atoms with van der Waals surface area (Å²) in [5.74, 6) is -0.304. The van der Waals surface area contributed by atoms with Gasteiger partial charge in [-0.05, 0) is 191 Å². The lowest BCUT2D eigenvalue weighted by Gasteiger charge is -2.32. The Labute approximate surface area is 480 Å². The van der Waals surface area contributed by atoms with Crippen LogP contribution in [0.25, 0.3) is 0 Å². The third-order valence-corrected chi connectivity index (χ3v) is 15.6. The van der Waals surface area contributed by atoms with Crippen LogP contribution < -0.4 is 0 Å². The fourth-order valence-corrected chi connectivity index (χ4v) is 11.0. The third-order valence-electron chi connectivity index (χ3n) is 15.6. The van der Waals surface area contributed by atoms with Gasteiger partial charge in [-0.15, -0.1) is 0 Å². The molecule has 6 atom stereocenters. The van der Waals surface area contributed by atoms with Crippen molar-refractivity contribution in [3.8, 4) is 34.5 Å². The zero-order valence-electron chi connectivity index (χ0n) is 50.6. The molecule has 0 saturated carbocycles. The molecule has 442 valence electrons. The van der Waals surface area contributed by atoms with Gasteiger partial charge in [-0.2, -0.15) is 0 Å². The SMILES string of the molecule is C=C(C)[C@@H]1CCC(C)=CC1c1c(O)cc(CCCCC)c(C(=O)OCC)c1O.C=C(C)[C@@H]1CCC(C)=C[C@H]1c1c(O)cc(CCCCC)cc1O.C=C(C)[C@H]1C=C[C@@](C)(O)CC1.CCCCCc1cc(O)cc(O)c1C(=O)OCC. The van der Waals surface area contributed by atoms with Crippen molar-refractivity contribution in [3.63, 3.8) is 0 Å². The number of aromatic hydroxyl groups is 6. The topological polar surface area (TPSA) is 194 Å². The molecule has 0 heterocycles. The first-order valence-corrected chi connectivity index (χ1v) is 29.6. The summed E-state index contributed by atoms with van der Waals surface area (Å²) >= 11 is 0. The summed E-state index contributed by atoms with van der Waals surface area (Å²) in [6, 6.07) is 7.98. The Balaban J connectivity index is 0.000000293. The van der Waals surface area contributed by atoms with E-state index in [0.29, 0.717) is 41.0 Å². The van der Waals surface area contributed by atoms with Gasteiger partial charge in [0.25, 0.3) is 0 Å². The van der Waals surface area contributed by atoms with Gasteiger partial charge in [0.05, 0.1) is 18.8 Å². The molecule has 11 nitrogen and oxygen atoms in total. The van der Waals surface area contributed by atoms with Crippen molar-refractivity contribution in [2.45, 2.75) is 209 Å². The predicted octanol–water partition coefficient (Wildman–Crippen LogP) is 17.2. The van der Waals surface area contributed by atoms with E-state index in [0.717, 1.165) is 113 Å². The number of allylic oxidation sites excluding steroid dienone is 8. The van der Waals surface area contributed by atoms with Gasteiger partial charge < -0.3 is 45.2 Å². The first-order valence-electron chi connectivity index (χ1n) is 29.6. The van der Waals surface area contributed by atoms with Crippen LogP contribution in [0.15, 0.2) is 102 Å². The molecular weight excluding hydrogens is 1000 g/mol. The van der Waals surface area contributed by atoms with Gasteiger partial charge in [-0.1, -0.05) is 131 Å². The molecule has 0 saturated heterocycles. The van der Waals surface area contributed by atoms with Crippen LogP contribution in [-0.4, -0.2) is 66.5 Å². The number of phenolic OH excluding ortho intramolecular Hbond substituents is 6. The summed E-state index contributed by atoms with van der Waals surface area (Å²) in [7, 11) is 0. The van der Waals surface area contributed by atoms with Gasteiger partial charge in [0.15, 0.2) is 0 Å². The summed E-state index contributed by atoms with van der Waals surface area (Å²) < 4.78 is 10.1. The highest BCUT2D eigenvalue weighted by Crippen LogP contribution is 2.49. The summed E-state index contributed by atoms with van der Waals surface area (Å²) in [6.07, 6.45) is 25.6. The first kappa shape index (κ1) is 68.1. The summed E-state index contributed by atoms with van der Waals surface area (Å²) in [6.45, 7) is 34.5. The third kappa shape index (κ3) is 20.4. The standard InChI is InChI=1S/C24H34O4.C21H30O2.C14H20O4.C10H16O/c1-6-8-9-10-17-14-20(25)22(23(26)21(17)24(27)28-7-2)19-13-16(5)11-12-18(19)15(3)4;1-5-6-7-8-16-12-19(22)21(20(23)13-16)18-11-15(4)9-10-17(18)14(2)3;1-3-5-6-7-10-8-11(15)9-12(16)13(10)14(17)18-4-2;1-8(2)9-4-6-10(3,11)7-5-9/h13-14,18-19,25-26H,3,6-12H2,1-2,4-5H3;11-13,17-18,22-23H,2,5-10H2,1,3-4H3;8-9,15-16H,3-7H2,1-2H3;4,6,9,11H,1,5,7H2,2-3H3/t18-,19?;17-,18+;;9-,10+/m00.0/s1. The Morgan fingerprint density at radius 3 is 1.46 bits per heavy atom. The van der Waals surface area contributed by atoms with E-state index in [4.69, 9.17) is 9.47 Å².